The fourth-order valence-corrected chi connectivity index (χ4v) is 3.59. The third kappa shape index (κ3) is 5.98. The molecular formula is C26H25NO6. The van der Waals surface area contributed by atoms with Gasteiger partial charge in [-0.25, -0.2) is 4.79 Å². The number of phenols is 1. The molecule has 3 aromatic rings. The summed E-state index contributed by atoms with van der Waals surface area (Å²) in [6, 6.07) is 20.8. The number of benzene rings is 3. The number of hydrogen-bond donors (Lipinski definition) is 2. The number of carbonyl (C=O) groups excluding carboxylic acids is 2. The Labute approximate surface area is 191 Å². The molecule has 0 aliphatic carbocycles. The summed E-state index contributed by atoms with van der Waals surface area (Å²) in [5.41, 5.74) is 1.58. The summed E-state index contributed by atoms with van der Waals surface area (Å²) < 4.78 is 5.10. The van der Waals surface area contributed by atoms with Crippen LogP contribution in [0.1, 0.15) is 16.7 Å². The van der Waals surface area contributed by atoms with Gasteiger partial charge >= 0.3 is 5.97 Å². The number of methoxy groups -OCH3 is 1. The minimum atomic E-state index is -1.50. The van der Waals surface area contributed by atoms with Crippen molar-refractivity contribution in [3.8, 4) is 11.5 Å². The van der Waals surface area contributed by atoms with Crippen molar-refractivity contribution in [2.24, 2.45) is 0 Å². The van der Waals surface area contributed by atoms with Gasteiger partial charge in [0.1, 0.15) is 6.04 Å². The van der Waals surface area contributed by atoms with E-state index >= 15 is 0 Å². The molecule has 1 unspecified atom stereocenters. The van der Waals surface area contributed by atoms with Gasteiger partial charge in [0.2, 0.25) is 11.8 Å². The van der Waals surface area contributed by atoms with Crippen LogP contribution in [0.4, 0.5) is 0 Å². The van der Waals surface area contributed by atoms with Crippen LogP contribution in [0.2, 0.25) is 0 Å². The third-order valence-corrected chi connectivity index (χ3v) is 5.25. The lowest BCUT2D eigenvalue weighted by Gasteiger charge is -2.28. The highest BCUT2D eigenvalue weighted by atomic mass is 16.5. The van der Waals surface area contributed by atoms with Crippen LogP contribution in [0.3, 0.4) is 0 Å². The van der Waals surface area contributed by atoms with Crippen molar-refractivity contribution in [1.82, 2.24) is 4.90 Å². The molecule has 3 rings (SSSR count). The van der Waals surface area contributed by atoms with Gasteiger partial charge in [-0.15, -0.1) is 0 Å². The number of carbonyl (C=O) groups is 3. The van der Waals surface area contributed by atoms with Crippen LogP contribution in [0.25, 0.3) is 0 Å². The number of ether oxygens (including phenoxy) is 1. The number of imide groups is 1. The maximum atomic E-state index is 13.2. The van der Waals surface area contributed by atoms with Crippen molar-refractivity contribution in [3.63, 3.8) is 0 Å². The van der Waals surface area contributed by atoms with E-state index in [0.29, 0.717) is 11.1 Å². The molecule has 2 N–H and O–H groups in total. The number of para-hydroxylation sites is 1. The van der Waals surface area contributed by atoms with Crippen LogP contribution >= 0.6 is 0 Å². The molecule has 0 heterocycles. The molecule has 3 aromatic carbocycles. The van der Waals surface area contributed by atoms with Crippen molar-refractivity contribution in [3.05, 3.63) is 95.6 Å². The van der Waals surface area contributed by atoms with E-state index in [-0.39, 0.29) is 36.3 Å². The molecular weight excluding hydrogens is 422 g/mol. The van der Waals surface area contributed by atoms with Crippen molar-refractivity contribution in [1.29, 1.82) is 0 Å². The summed E-state index contributed by atoms with van der Waals surface area (Å²) in [6.45, 7) is 0. The van der Waals surface area contributed by atoms with E-state index < -0.39 is 23.8 Å². The van der Waals surface area contributed by atoms with Crippen molar-refractivity contribution in [2.45, 2.75) is 25.3 Å². The molecule has 0 aliphatic rings. The summed E-state index contributed by atoms with van der Waals surface area (Å²) in [5.74, 6) is -2.65. The molecule has 0 saturated heterocycles. The van der Waals surface area contributed by atoms with Gasteiger partial charge in [-0.2, -0.15) is 0 Å². The summed E-state index contributed by atoms with van der Waals surface area (Å²) >= 11 is 0. The summed E-state index contributed by atoms with van der Waals surface area (Å²) in [7, 11) is 1.38. The standard InChI is InChI=1S/C26H25NO6/c1-33-22-14-8-13-20(25(22)30)17-21(26(31)32)27(23(28)15-18-9-4-2-5-10-18)24(29)16-19-11-6-3-7-12-19/h2-14,21,30H,15-17H2,1H3,(H,31,32). The number of phenolic OH excluding ortho intramolecular Hbond substituents is 1. The Kier molecular flexibility index (Phi) is 7.81. The van der Waals surface area contributed by atoms with Crippen molar-refractivity contribution < 1.29 is 29.3 Å². The van der Waals surface area contributed by atoms with Gasteiger partial charge < -0.3 is 14.9 Å². The quantitative estimate of drug-likeness (QED) is 0.522. The maximum absolute atomic E-state index is 13.2. The zero-order chi connectivity index (χ0) is 23.8. The average molecular weight is 447 g/mol. The van der Waals surface area contributed by atoms with Gasteiger partial charge in [0.25, 0.3) is 0 Å². The number of aliphatic carboxylic acids is 1. The van der Waals surface area contributed by atoms with Gasteiger partial charge in [0, 0.05) is 12.0 Å². The Balaban J connectivity index is 1.96. The lowest BCUT2D eigenvalue weighted by atomic mass is 10.0. The minimum absolute atomic E-state index is 0.130. The monoisotopic (exact) mass is 447 g/mol. The van der Waals surface area contributed by atoms with E-state index in [1.807, 2.05) is 0 Å². The summed E-state index contributed by atoms with van der Waals surface area (Å²) in [5, 5.41) is 20.4. The molecule has 0 aliphatic heterocycles. The van der Waals surface area contributed by atoms with Crippen molar-refractivity contribution in [2.75, 3.05) is 7.11 Å². The van der Waals surface area contributed by atoms with Gasteiger partial charge in [-0.05, 0) is 17.2 Å². The van der Waals surface area contributed by atoms with E-state index in [1.54, 1.807) is 66.7 Å². The number of nitrogens with zero attached hydrogens (tertiary/aromatic N) is 1. The topological polar surface area (TPSA) is 104 Å². The number of hydrogen-bond acceptors (Lipinski definition) is 5. The fourth-order valence-electron chi connectivity index (χ4n) is 3.59. The Bertz CT molecular complexity index is 1060. The van der Waals surface area contributed by atoms with Gasteiger partial charge in [0.15, 0.2) is 11.5 Å². The van der Waals surface area contributed by atoms with E-state index in [0.717, 1.165) is 4.90 Å². The molecule has 0 spiro atoms. The van der Waals surface area contributed by atoms with E-state index in [9.17, 15) is 24.6 Å². The Morgan fingerprint density at radius 1 is 0.818 bits per heavy atom. The fraction of sp³-hybridized carbons (Fsp3) is 0.192. The maximum Gasteiger partial charge on any atom is 0.327 e. The Hall–Kier alpha value is -4.13. The highest BCUT2D eigenvalue weighted by molar-refractivity contribution is 6.00. The highest BCUT2D eigenvalue weighted by Gasteiger charge is 2.35. The summed E-state index contributed by atoms with van der Waals surface area (Å²) in [4.78, 5) is 39.6. The van der Waals surface area contributed by atoms with E-state index in [2.05, 4.69) is 0 Å². The third-order valence-electron chi connectivity index (χ3n) is 5.25. The van der Waals surface area contributed by atoms with Crippen LogP contribution < -0.4 is 4.74 Å². The molecule has 170 valence electrons. The van der Waals surface area contributed by atoms with Gasteiger partial charge in [-0.3, -0.25) is 14.5 Å². The summed E-state index contributed by atoms with van der Waals surface area (Å²) in [6.07, 6.45) is -0.524. The SMILES string of the molecule is COc1cccc(CC(C(=O)O)N(C(=O)Cc2ccccc2)C(=O)Cc2ccccc2)c1O. The first-order valence-corrected chi connectivity index (χ1v) is 10.4. The van der Waals surface area contributed by atoms with Crippen LogP contribution in [-0.4, -0.2) is 46.0 Å². The first-order chi connectivity index (χ1) is 15.9. The second-order valence-corrected chi connectivity index (χ2v) is 7.51. The lowest BCUT2D eigenvalue weighted by Crippen LogP contribution is -2.51. The molecule has 0 bridgehead atoms. The lowest BCUT2D eigenvalue weighted by molar-refractivity contribution is -0.157. The van der Waals surface area contributed by atoms with Gasteiger partial charge in [-0.1, -0.05) is 72.8 Å². The Morgan fingerprint density at radius 2 is 1.33 bits per heavy atom. The molecule has 7 nitrogen and oxygen atoms in total. The normalized spacial score (nSPS) is 11.4. The number of carboxylic acids is 1. The van der Waals surface area contributed by atoms with Crippen molar-refractivity contribution >= 4 is 17.8 Å². The molecule has 7 heteroatoms. The first-order valence-electron chi connectivity index (χ1n) is 10.4. The van der Waals surface area contributed by atoms with Crippen LogP contribution in [0.15, 0.2) is 78.9 Å². The van der Waals surface area contributed by atoms with E-state index in [4.69, 9.17) is 4.74 Å². The number of carboxylic acid groups (broad SMARTS) is 1. The highest BCUT2D eigenvalue weighted by Crippen LogP contribution is 2.31. The van der Waals surface area contributed by atoms with Crippen LogP contribution in [-0.2, 0) is 33.6 Å². The molecule has 0 aromatic heterocycles. The minimum Gasteiger partial charge on any atom is -0.504 e. The molecule has 33 heavy (non-hydrogen) atoms. The number of amides is 2. The second kappa shape index (κ2) is 10.9. The van der Waals surface area contributed by atoms with Crippen LogP contribution in [0.5, 0.6) is 11.5 Å². The molecule has 0 fully saturated rings. The average Bonchev–Trinajstić information content (AvgIpc) is 2.81. The molecule has 2 amide bonds. The Morgan fingerprint density at radius 3 is 1.79 bits per heavy atom. The van der Waals surface area contributed by atoms with Gasteiger partial charge in [0.05, 0.1) is 20.0 Å². The molecule has 0 radical (unpaired) electrons. The number of aromatic hydroxyl groups is 1. The first kappa shape index (κ1) is 23.5. The van der Waals surface area contributed by atoms with E-state index in [1.165, 1.54) is 19.2 Å². The smallest absolute Gasteiger partial charge is 0.327 e. The largest absolute Gasteiger partial charge is 0.504 e. The zero-order valence-electron chi connectivity index (χ0n) is 18.2. The molecule has 0 saturated carbocycles. The van der Waals surface area contributed by atoms with Crippen LogP contribution in [0, 0.1) is 0 Å². The molecule has 1 atom stereocenters. The predicted molar refractivity (Wildman–Crippen MR) is 122 cm³/mol. The zero-order valence-corrected chi connectivity index (χ0v) is 18.2. The second-order valence-electron chi connectivity index (χ2n) is 7.51. The number of rotatable bonds is 9. The predicted octanol–water partition coefficient (Wildman–Crippen LogP) is 3.24.